The Morgan fingerprint density at radius 1 is 1.05 bits per heavy atom. The number of piperazine rings is 1. The van der Waals surface area contributed by atoms with Crippen LogP contribution in [0.2, 0.25) is 0 Å². The molecule has 1 saturated heterocycles. The van der Waals surface area contributed by atoms with Crippen molar-refractivity contribution in [3.63, 3.8) is 0 Å². The summed E-state index contributed by atoms with van der Waals surface area (Å²) in [5.74, 6) is -0.0764. The molecule has 0 radical (unpaired) electrons. The average molecular weight is 542 g/mol. The van der Waals surface area contributed by atoms with E-state index in [0.29, 0.717) is 10.2 Å². The lowest BCUT2D eigenvalue weighted by Crippen LogP contribution is -2.54. The van der Waals surface area contributed by atoms with E-state index in [4.69, 9.17) is 4.74 Å². The highest BCUT2D eigenvalue weighted by molar-refractivity contribution is 5.92. The second kappa shape index (κ2) is 11.9. The lowest BCUT2D eigenvalue weighted by atomic mass is 10.0. The number of hydrogen-bond donors (Lipinski definition) is 2. The van der Waals surface area contributed by atoms with Gasteiger partial charge in [-0.2, -0.15) is 13.2 Å². The zero-order valence-corrected chi connectivity index (χ0v) is 22.4. The summed E-state index contributed by atoms with van der Waals surface area (Å²) in [6.45, 7) is 5.05. The normalized spacial score (nSPS) is 17.4. The van der Waals surface area contributed by atoms with Gasteiger partial charge >= 0.3 is 6.18 Å². The molecule has 2 aromatic carbocycles. The van der Waals surface area contributed by atoms with E-state index >= 15 is 0 Å². The molecule has 4 rings (SSSR count). The molecule has 2 N–H and O–H groups in total. The van der Waals surface area contributed by atoms with Crippen molar-refractivity contribution in [3.8, 4) is 16.9 Å². The van der Waals surface area contributed by atoms with Crippen molar-refractivity contribution in [3.05, 3.63) is 72.1 Å². The number of nitrogens with one attached hydrogen (secondary N) is 2. The number of alkyl halides is 3. The Kier molecular flexibility index (Phi) is 8.54. The molecule has 1 amide bonds. The fourth-order valence-corrected chi connectivity index (χ4v) is 4.67. The van der Waals surface area contributed by atoms with Crippen LogP contribution in [0.25, 0.3) is 11.1 Å². The first kappa shape index (κ1) is 28.1. The second-order valence-corrected chi connectivity index (χ2v) is 9.96. The molecule has 1 aromatic heterocycles. The number of quaternary nitrogens is 1. The molecule has 0 unspecified atom stereocenters. The smallest absolute Gasteiger partial charge is 0.416 e. The number of pyridine rings is 1. The topological polar surface area (TPSA) is 66.3 Å². The van der Waals surface area contributed by atoms with E-state index in [1.54, 1.807) is 24.5 Å². The minimum atomic E-state index is -4.53. The van der Waals surface area contributed by atoms with Gasteiger partial charge in [0.05, 0.1) is 18.3 Å². The largest absolute Gasteiger partial charge is 0.484 e. The van der Waals surface area contributed by atoms with Crippen LogP contribution in [0.5, 0.6) is 5.75 Å². The molecule has 0 saturated carbocycles. The molecule has 0 atom stereocenters. The van der Waals surface area contributed by atoms with Gasteiger partial charge in [-0.05, 0) is 35.9 Å². The van der Waals surface area contributed by atoms with Gasteiger partial charge in [-0.1, -0.05) is 18.2 Å². The molecule has 10 heteroatoms. The number of halogens is 3. The molecule has 1 aliphatic rings. The van der Waals surface area contributed by atoms with Crippen molar-refractivity contribution in [2.24, 2.45) is 0 Å². The number of rotatable bonds is 8. The van der Waals surface area contributed by atoms with Crippen LogP contribution in [0, 0.1) is 0 Å². The third-order valence-electron chi connectivity index (χ3n) is 7.05. The van der Waals surface area contributed by atoms with E-state index in [0.717, 1.165) is 49.1 Å². The van der Waals surface area contributed by atoms with Gasteiger partial charge in [0.1, 0.15) is 31.6 Å². The van der Waals surface area contributed by atoms with Crippen LogP contribution >= 0.6 is 0 Å². The van der Waals surface area contributed by atoms with E-state index in [1.807, 2.05) is 45.4 Å². The summed E-state index contributed by atoms with van der Waals surface area (Å²) >= 11 is 0. The number of amides is 1. The van der Waals surface area contributed by atoms with Crippen LogP contribution in [0.15, 0.2) is 60.9 Å². The molecule has 0 bridgehead atoms. The SMILES string of the molecule is CC=[N+]1CC[N+](C)(Cc2ccc(NC(=O)COc3ccc(-c4cncc(NC)c4)cc3)cc2C(F)(F)F)CC1. The van der Waals surface area contributed by atoms with Crippen LogP contribution in [0.1, 0.15) is 18.1 Å². The predicted octanol–water partition coefficient (Wildman–Crippen LogP) is 4.89. The Balaban J connectivity index is 1.38. The van der Waals surface area contributed by atoms with E-state index in [9.17, 15) is 18.0 Å². The lowest BCUT2D eigenvalue weighted by Gasteiger charge is -2.36. The molecule has 7 nitrogen and oxygen atoms in total. The number of likely N-dealkylation sites (N-methyl/N-ethyl adjacent to an activating group) is 1. The van der Waals surface area contributed by atoms with Crippen molar-refractivity contribution in [1.82, 2.24) is 4.98 Å². The van der Waals surface area contributed by atoms with Crippen LogP contribution in [0.4, 0.5) is 24.5 Å². The molecule has 2 heterocycles. The Labute approximate surface area is 226 Å². The molecule has 1 fully saturated rings. The fourth-order valence-electron chi connectivity index (χ4n) is 4.67. The molecule has 39 heavy (non-hydrogen) atoms. The van der Waals surface area contributed by atoms with Crippen molar-refractivity contribution < 1.29 is 31.8 Å². The van der Waals surface area contributed by atoms with Gasteiger partial charge in [0.25, 0.3) is 5.91 Å². The average Bonchev–Trinajstić information content (AvgIpc) is 2.93. The van der Waals surface area contributed by atoms with Crippen molar-refractivity contribution in [1.29, 1.82) is 0 Å². The minimum absolute atomic E-state index is 0.0833. The van der Waals surface area contributed by atoms with Gasteiger partial charge in [-0.15, -0.1) is 0 Å². The maximum atomic E-state index is 14.0. The third kappa shape index (κ3) is 7.35. The Morgan fingerprint density at radius 3 is 2.41 bits per heavy atom. The summed E-state index contributed by atoms with van der Waals surface area (Å²) in [6, 6.07) is 13.1. The summed E-state index contributed by atoms with van der Waals surface area (Å²) in [5.41, 5.74) is 2.32. The number of benzene rings is 2. The summed E-state index contributed by atoms with van der Waals surface area (Å²) in [6.07, 6.45) is 0.954. The first-order chi connectivity index (χ1) is 18.6. The Morgan fingerprint density at radius 2 is 1.77 bits per heavy atom. The molecule has 0 spiro atoms. The maximum absolute atomic E-state index is 14.0. The van der Waals surface area contributed by atoms with E-state index in [2.05, 4.69) is 20.2 Å². The maximum Gasteiger partial charge on any atom is 0.416 e. The van der Waals surface area contributed by atoms with Gasteiger partial charge < -0.3 is 19.9 Å². The van der Waals surface area contributed by atoms with Gasteiger partial charge in [0, 0.05) is 43.2 Å². The van der Waals surface area contributed by atoms with Gasteiger partial charge in [0.2, 0.25) is 0 Å². The predicted molar refractivity (Wildman–Crippen MR) is 146 cm³/mol. The standard InChI is InChI=1S/C29H33F3N5O2/c1-4-36-11-13-37(3,14-12-36)19-22-5-8-24(16-27(22)29(30,31)32)35-28(38)20-39-26-9-6-21(7-10-26)23-15-25(33-2)18-34-17-23/h4-10,15-18,33H,11-14,19-20H2,1-3H3/q+1/p+1. The number of aromatic nitrogens is 1. The molecule has 3 aromatic rings. The quantitative estimate of drug-likeness (QED) is 0.315. The second-order valence-electron chi connectivity index (χ2n) is 9.96. The van der Waals surface area contributed by atoms with Crippen LogP contribution in [0.3, 0.4) is 0 Å². The highest BCUT2D eigenvalue weighted by Gasteiger charge is 2.38. The first-order valence-corrected chi connectivity index (χ1v) is 12.8. The molecular weight excluding hydrogens is 507 g/mol. The summed E-state index contributed by atoms with van der Waals surface area (Å²) in [4.78, 5) is 16.7. The first-order valence-electron chi connectivity index (χ1n) is 12.8. The monoisotopic (exact) mass is 541 g/mol. The van der Waals surface area contributed by atoms with Crippen LogP contribution < -0.4 is 15.4 Å². The number of carbonyl (C=O) groups excluding carboxylic acids is 1. The summed E-state index contributed by atoms with van der Waals surface area (Å²) in [7, 11) is 3.81. The van der Waals surface area contributed by atoms with Crippen molar-refractivity contribution in [2.75, 3.05) is 57.5 Å². The van der Waals surface area contributed by atoms with E-state index in [-0.39, 0.29) is 24.4 Å². The zero-order chi connectivity index (χ0) is 28.0. The number of ether oxygens (including phenoxy) is 1. The van der Waals surface area contributed by atoms with Crippen molar-refractivity contribution >= 4 is 23.5 Å². The molecule has 1 aliphatic heterocycles. The third-order valence-corrected chi connectivity index (χ3v) is 7.05. The Hall–Kier alpha value is -3.92. The molecular formula is C29H34F3N5O2+2. The van der Waals surface area contributed by atoms with Crippen LogP contribution in [-0.2, 0) is 17.5 Å². The number of hydrogen-bond acceptors (Lipinski definition) is 4. The van der Waals surface area contributed by atoms with E-state index in [1.165, 1.54) is 12.1 Å². The molecule has 206 valence electrons. The number of nitrogens with zero attached hydrogens (tertiary/aromatic N) is 3. The summed E-state index contributed by atoms with van der Waals surface area (Å²) < 4.78 is 50.2. The lowest BCUT2D eigenvalue weighted by molar-refractivity contribution is -0.950. The van der Waals surface area contributed by atoms with Gasteiger partial charge in [0.15, 0.2) is 19.7 Å². The van der Waals surface area contributed by atoms with E-state index < -0.39 is 17.6 Å². The zero-order valence-electron chi connectivity index (χ0n) is 22.4. The van der Waals surface area contributed by atoms with Crippen molar-refractivity contribution in [2.45, 2.75) is 19.6 Å². The van der Waals surface area contributed by atoms with Gasteiger partial charge in [-0.25, -0.2) is 4.58 Å². The Bertz CT molecular complexity index is 1330. The minimum Gasteiger partial charge on any atom is -0.484 e. The summed E-state index contributed by atoms with van der Waals surface area (Å²) in [5, 5.41) is 5.57. The number of anilines is 2. The van der Waals surface area contributed by atoms with Crippen LogP contribution in [-0.4, -0.2) is 73.0 Å². The fraction of sp³-hybridized carbons (Fsp3) is 0.345. The highest BCUT2D eigenvalue weighted by Crippen LogP contribution is 2.35. The van der Waals surface area contributed by atoms with Gasteiger partial charge in [-0.3, -0.25) is 9.78 Å². The molecule has 0 aliphatic carbocycles. The number of carbonyl (C=O) groups is 1. The highest BCUT2D eigenvalue weighted by atomic mass is 19.4.